The van der Waals surface area contributed by atoms with Gasteiger partial charge in [0.2, 0.25) is 0 Å². The number of aromatic nitrogens is 2. The minimum atomic E-state index is 0.444. The van der Waals surface area contributed by atoms with E-state index in [9.17, 15) is 0 Å². The highest BCUT2D eigenvalue weighted by Gasteiger charge is 2.13. The van der Waals surface area contributed by atoms with Gasteiger partial charge in [0.1, 0.15) is 0 Å². The predicted octanol–water partition coefficient (Wildman–Crippen LogP) is 2.86. The minimum absolute atomic E-state index is 0.444. The van der Waals surface area contributed by atoms with E-state index in [1.54, 1.807) is 6.07 Å². The summed E-state index contributed by atoms with van der Waals surface area (Å²) in [6, 6.07) is 10.1. The van der Waals surface area contributed by atoms with Crippen molar-refractivity contribution >= 4 is 0 Å². The number of hydrogen-bond acceptors (Lipinski definition) is 3. The van der Waals surface area contributed by atoms with Gasteiger partial charge in [0, 0.05) is 23.8 Å². The van der Waals surface area contributed by atoms with Gasteiger partial charge in [-0.25, -0.2) is 4.68 Å². The lowest BCUT2D eigenvalue weighted by Gasteiger charge is -2.09. The molecule has 0 bridgehead atoms. The van der Waals surface area contributed by atoms with Crippen molar-refractivity contribution in [2.24, 2.45) is 0 Å². The molecule has 2 rings (SSSR count). The van der Waals surface area contributed by atoms with Crippen molar-refractivity contribution in [3.8, 4) is 11.8 Å². The molecule has 0 aliphatic rings. The fraction of sp³-hybridized carbons (Fsp3) is 0.375. The molecule has 20 heavy (non-hydrogen) atoms. The lowest BCUT2D eigenvalue weighted by atomic mass is 10.1. The van der Waals surface area contributed by atoms with Gasteiger partial charge in [-0.2, -0.15) is 10.4 Å². The maximum absolute atomic E-state index is 8.99. The molecule has 4 heteroatoms. The standard InChI is InChI=1S/C16H20N4/c1-11(2)18-10-16-12(3)19-20(13(16)4)15-7-5-6-14(8-15)9-17/h5-8,11,18H,10H2,1-4H3. The number of benzene rings is 1. The van der Waals surface area contributed by atoms with Crippen LogP contribution in [0.4, 0.5) is 0 Å². The van der Waals surface area contributed by atoms with Crippen LogP contribution >= 0.6 is 0 Å². The fourth-order valence-corrected chi connectivity index (χ4v) is 2.20. The van der Waals surface area contributed by atoms with Gasteiger partial charge >= 0.3 is 0 Å². The Labute approximate surface area is 120 Å². The van der Waals surface area contributed by atoms with E-state index in [-0.39, 0.29) is 0 Å². The zero-order valence-electron chi connectivity index (χ0n) is 12.4. The Morgan fingerprint density at radius 2 is 2.10 bits per heavy atom. The van der Waals surface area contributed by atoms with Gasteiger partial charge in [-0.3, -0.25) is 0 Å². The third-order valence-electron chi connectivity index (χ3n) is 3.35. The molecule has 0 amide bonds. The summed E-state index contributed by atoms with van der Waals surface area (Å²) in [6.45, 7) is 9.16. The number of rotatable bonds is 4. The molecule has 0 radical (unpaired) electrons. The maximum Gasteiger partial charge on any atom is 0.0992 e. The molecule has 1 N–H and O–H groups in total. The maximum atomic E-state index is 8.99. The summed E-state index contributed by atoms with van der Waals surface area (Å²) in [5.41, 5.74) is 4.95. The molecule has 0 saturated carbocycles. The molecule has 0 spiro atoms. The van der Waals surface area contributed by atoms with Crippen molar-refractivity contribution in [3.63, 3.8) is 0 Å². The quantitative estimate of drug-likeness (QED) is 0.927. The summed E-state index contributed by atoms with van der Waals surface area (Å²) in [6.07, 6.45) is 0. The first-order valence-electron chi connectivity index (χ1n) is 6.82. The van der Waals surface area contributed by atoms with Gasteiger partial charge in [-0.1, -0.05) is 19.9 Å². The van der Waals surface area contributed by atoms with E-state index in [1.807, 2.05) is 29.8 Å². The highest BCUT2D eigenvalue weighted by molar-refractivity contribution is 5.43. The fourth-order valence-electron chi connectivity index (χ4n) is 2.20. The molecular weight excluding hydrogens is 248 g/mol. The average Bonchev–Trinajstić information content (AvgIpc) is 2.72. The van der Waals surface area contributed by atoms with E-state index in [2.05, 4.69) is 37.3 Å². The molecule has 0 aliphatic heterocycles. The first-order chi connectivity index (χ1) is 9.52. The van der Waals surface area contributed by atoms with Crippen LogP contribution in [0, 0.1) is 25.2 Å². The van der Waals surface area contributed by atoms with E-state index >= 15 is 0 Å². The average molecular weight is 268 g/mol. The Morgan fingerprint density at radius 3 is 2.75 bits per heavy atom. The molecule has 104 valence electrons. The van der Waals surface area contributed by atoms with Gasteiger partial charge < -0.3 is 5.32 Å². The normalized spacial score (nSPS) is 10.8. The number of nitriles is 1. The Kier molecular flexibility index (Phi) is 4.21. The smallest absolute Gasteiger partial charge is 0.0992 e. The van der Waals surface area contributed by atoms with Crippen LogP contribution in [0.25, 0.3) is 5.69 Å². The van der Waals surface area contributed by atoms with Gasteiger partial charge in [0.05, 0.1) is 23.0 Å². The molecule has 1 heterocycles. The van der Waals surface area contributed by atoms with Crippen LogP contribution in [0.3, 0.4) is 0 Å². The van der Waals surface area contributed by atoms with Crippen LogP contribution in [0.1, 0.15) is 36.4 Å². The van der Waals surface area contributed by atoms with Gasteiger partial charge in [-0.05, 0) is 32.0 Å². The van der Waals surface area contributed by atoms with E-state index < -0.39 is 0 Å². The highest BCUT2D eigenvalue weighted by atomic mass is 15.3. The summed E-state index contributed by atoms with van der Waals surface area (Å²) < 4.78 is 1.91. The predicted molar refractivity (Wildman–Crippen MR) is 79.7 cm³/mol. The van der Waals surface area contributed by atoms with Gasteiger partial charge in [-0.15, -0.1) is 0 Å². The molecule has 4 nitrogen and oxygen atoms in total. The first kappa shape index (κ1) is 14.3. The number of aryl methyl sites for hydroxylation is 1. The molecule has 0 aliphatic carbocycles. The number of nitrogens with one attached hydrogen (secondary N) is 1. The molecule has 2 aromatic rings. The first-order valence-corrected chi connectivity index (χ1v) is 6.82. The van der Waals surface area contributed by atoms with Crippen LogP contribution in [0.2, 0.25) is 0 Å². The van der Waals surface area contributed by atoms with Gasteiger partial charge in [0.15, 0.2) is 0 Å². The van der Waals surface area contributed by atoms with Crippen molar-refractivity contribution in [3.05, 3.63) is 46.8 Å². The van der Waals surface area contributed by atoms with Crippen LogP contribution in [-0.4, -0.2) is 15.8 Å². The zero-order chi connectivity index (χ0) is 14.7. The molecule has 0 unspecified atom stereocenters. The summed E-state index contributed by atoms with van der Waals surface area (Å²) in [5, 5.41) is 17.0. The lowest BCUT2D eigenvalue weighted by molar-refractivity contribution is 0.586. The van der Waals surface area contributed by atoms with Crippen LogP contribution in [0.5, 0.6) is 0 Å². The third kappa shape index (κ3) is 2.89. The second kappa shape index (κ2) is 5.89. The SMILES string of the molecule is Cc1nn(-c2cccc(C#N)c2)c(C)c1CNC(C)C. The highest BCUT2D eigenvalue weighted by Crippen LogP contribution is 2.18. The van der Waals surface area contributed by atoms with Crippen molar-refractivity contribution < 1.29 is 0 Å². The van der Waals surface area contributed by atoms with Crippen LogP contribution in [-0.2, 0) is 6.54 Å². The Bertz CT molecular complexity index is 647. The molecular formula is C16H20N4. The minimum Gasteiger partial charge on any atom is -0.310 e. The molecule has 0 saturated heterocycles. The molecule has 0 atom stereocenters. The Hall–Kier alpha value is -2.12. The number of nitrogens with zero attached hydrogens (tertiary/aromatic N) is 3. The summed E-state index contributed by atoms with van der Waals surface area (Å²) >= 11 is 0. The molecule has 0 fully saturated rings. The van der Waals surface area contributed by atoms with E-state index in [4.69, 9.17) is 5.26 Å². The number of hydrogen-bond donors (Lipinski definition) is 1. The lowest BCUT2D eigenvalue weighted by Crippen LogP contribution is -2.22. The zero-order valence-corrected chi connectivity index (χ0v) is 12.4. The van der Waals surface area contributed by atoms with Crippen molar-refractivity contribution in [2.45, 2.75) is 40.3 Å². The summed E-state index contributed by atoms with van der Waals surface area (Å²) in [7, 11) is 0. The van der Waals surface area contributed by atoms with Crippen molar-refractivity contribution in [2.75, 3.05) is 0 Å². The van der Waals surface area contributed by atoms with E-state index in [0.717, 1.165) is 23.6 Å². The summed E-state index contributed by atoms with van der Waals surface area (Å²) in [4.78, 5) is 0. The van der Waals surface area contributed by atoms with Crippen LogP contribution < -0.4 is 5.32 Å². The monoisotopic (exact) mass is 268 g/mol. The second-order valence-corrected chi connectivity index (χ2v) is 5.26. The van der Waals surface area contributed by atoms with E-state index in [0.29, 0.717) is 11.6 Å². The second-order valence-electron chi connectivity index (χ2n) is 5.26. The largest absolute Gasteiger partial charge is 0.310 e. The van der Waals surface area contributed by atoms with Gasteiger partial charge in [0.25, 0.3) is 0 Å². The van der Waals surface area contributed by atoms with Crippen molar-refractivity contribution in [1.29, 1.82) is 5.26 Å². The molecule has 1 aromatic carbocycles. The topological polar surface area (TPSA) is 53.6 Å². The Balaban J connectivity index is 2.38. The summed E-state index contributed by atoms with van der Waals surface area (Å²) in [5.74, 6) is 0. The van der Waals surface area contributed by atoms with Crippen molar-refractivity contribution in [1.82, 2.24) is 15.1 Å². The van der Waals surface area contributed by atoms with E-state index in [1.165, 1.54) is 5.56 Å². The molecule has 1 aromatic heterocycles. The Morgan fingerprint density at radius 1 is 1.35 bits per heavy atom. The third-order valence-corrected chi connectivity index (χ3v) is 3.35. The van der Waals surface area contributed by atoms with Crippen LogP contribution in [0.15, 0.2) is 24.3 Å².